The average molecular weight is 402 g/mol. The van der Waals surface area contributed by atoms with Crippen molar-refractivity contribution in [3.63, 3.8) is 0 Å². The Bertz CT molecular complexity index is 1020. The number of oxazole rings is 1. The molecule has 0 bridgehead atoms. The first kappa shape index (κ1) is 19.9. The molecule has 0 spiro atoms. The quantitative estimate of drug-likeness (QED) is 0.499. The van der Waals surface area contributed by atoms with Gasteiger partial charge in [-0.15, -0.1) is 0 Å². The molecule has 0 radical (unpaired) electrons. The molecule has 0 fully saturated rings. The average Bonchev–Trinajstić information content (AvgIpc) is 3.14. The van der Waals surface area contributed by atoms with Gasteiger partial charge in [-0.1, -0.05) is 6.07 Å². The number of anilines is 1. The van der Waals surface area contributed by atoms with Gasteiger partial charge in [-0.2, -0.15) is 4.98 Å². The van der Waals surface area contributed by atoms with E-state index in [9.17, 15) is 9.18 Å². The highest BCUT2D eigenvalue weighted by atomic mass is 19.1. The van der Waals surface area contributed by atoms with Crippen molar-refractivity contribution in [2.24, 2.45) is 0 Å². The van der Waals surface area contributed by atoms with E-state index in [4.69, 9.17) is 19.0 Å². The van der Waals surface area contributed by atoms with Crippen molar-refractivity contribution in [1.82, 2.24) is 15.3 Å². The summed E-state index contributed by atoms with van der Waals surface area (Å²) in [5.74, 6) is 0.949. The molecule has 29 heavy (non-hydrogen) atoms. The fourth-order valence-corrected chi connectivity index (χ4v) is 2.47. The molecule has 152 valence electrons. The number of nitrogens with one attached hydrogen (secondary N) is 2. The molecular formula is C19H19FN4O5. The van der Waals surface area contributed by atoms with Crippen LogP contribution in [0.5, 0.6) is 11.6 Å². The van der Waals surface area contributed by atoms with E-state index in [1.807, 2.05) is 6.07 Å². The Morgan fingerprint density at radius 1 is 1.38 bits per heavy atom. The fourth-order valence-electron chi connectivity index (χ4n) is 2.47. The van der Waals surface area contributed by atoms with Gasteiger partial charge in [0.1, 0.15) is 17.9 Å². The van der Waals surface area contributed by atoms with Crippen LogP contribution in [0.4, 0.5) is 15.2 Å². The normalized spacial score (nSPS) is 11.3. The van der Waals surface area contributed by atoms with Gasteiger partial charge in [0.25, 0.3) is 6.01 Å². The van der Waals surface area contributed by atoms with E-state index in [0.717, 1.165) is 5.56 Å². The first-order valence-corrected chi connectivity index (χ1v) is 8.59. The first-order chi connectivity index (χ1) is 14.1. The van der Waals surface area contributed by atoms with Crippen molar-refractivity contribution in [3.05, 3.63) is 54.0 Å². The standard InChI is InChI=1S/C19H19FN4O5/c1-27-17-13(3-2-6-21-17)10-22-18-24-15-5-4-14(7-16(15)29-18)28-11-12(8-20)9-23-19(25)26/h2-8,23H,9-11H2,1H3,(H,22,24)(H,25,26). The number of hydrogen-bond donors (Lipinski definition) is 3. The number of carboxylic acid groups (broad SMARTS) is 1. The molecule has 0 aliphatic rings. The van der Waals surface area contributed by atoms with E-state index in [1.165, 1.54) is 0 Å². The fraction of sp³-hybridized carbons (Fsp3) is 0.211. The summed E-state index contributed by atoms with van der Waals surface area (Å²) in [6.07, 6.45) is 0.721. The Kier molecular flexibility index (Phi) is 6.46. The SMILES string of the molecule is COc1ncccc1CNc1nc2ccc(OCC(=CF)CNC(=O)O)cc2o1. The summed E-state index contributed by atoms with van der Waals surface area (Å²) in [7, 11) is 1.55. The summed E-state index contributed by atoms with van der Waals surface area (Å²) >= 11 is 0. The molecule has 1 amide bonds. The summed E-state index contributed by atoms with van der Waals surface area (Å²) in [4.78, 5) is 19.0. The summed E-state index contributed by atoms with van der Waals surface area (Å²) in [5.41, 5.74) is 2.10. The number of rotatable bonds is 9. The van der Waals surface area contributed by atoms with Crippen molar-refractivity contribution in [1.29, 1.82) is 0 Å². The van der Waals surface area contributed by atoms with E-state index in [2.05, 4.69) is 20.6 Å². The highest BCUT2D eigenvalue weighted by Gasteiger charge is 2.10. The molecular weight excluding hydrogens is 383 g/mol. The molecule has 0 aliphatic heterocycles. The molecule has 9 nitrogen and oxygen atoms in total. The number of halogens is 1. The third-order valence-corrected chi connectivity index (χ3v) is 3.88. The van der Waals surface area contributed by atoms with Crippen molar-refractivity contribution in [2.45, 2.75) is 6.54 Å². The Morgan fingerprint density at radius 3 is 3.00 bits per heavy atom. The maximum atomic E-state index is 12.8. The van der Waals surface area contributed by atoms with Crippen molar-refractivity contribution in [3.8, 4) is 11.6 Å². The molecule has 2 heterocycles. The van der Waals surface area contributed by atoms with E-state index in [0.29, 0.717) is 41.6 Å². The van der Waals surface area contributed by atoms with Gasteiger partial charge in [-0.05, 0) is 18.2 Å². The zero-order valence-corrected chi connectivity index (χ0v) is 15.5. The Morgan fingerprint density at radius 2 is 2.24 bits per heavy atom. The minimum Gasteiger partial charge on any atom is -0.489 e. The predicted octanol–water partition coefficient (Wildman–Crippen LogP) is 3.34. The highest BCUT2D eigenvalue weighted by Crippen LogP contribution is 2.25. The number of carbonyl (C=O) groups is 1. The Hall–Kier alpha value is -3.82. The first-order valence-electron chi connectivity index (χ1n) is 8.59. The zero-order valence-electron chi connectivity index (χ0n) is 15.5. The molecule has 0 saturated carbocycles. The van der Waals surface area contributed by atoms with Crippen LogP contribution in [0, 0.1) is 0 Å². The van der Waals surface area contributed by atoms with Crippen molar-refractivity contribution >= 4 is 23.2 Å². The van der Waals surface area contributed by atoms with Gasteiger partial charge in [0, 0.05) is 36.5 Å². The van der Waals surface area contributed by atoms with E-state index in [1.54, 1.807) is 37.6 Å². The summed E-state index contributed by atoms with van der Waals surface area (Å²) in [6, 6.07) is 9.00. The van der Waals surface area contributed by atoms with Gasteiger partial charge in [0.15, 0.2) is 5.58 Å². The predicted molar refractivity (Wildman–Crippen MR) is 103 cm³/mol. The minimum absolute atomic E-state index is 0.109. The number of benzene rings is 1. The number of nitrogens with zero attached hydrogens (tertiary/aromatic N) is 2. The van der Waals surface area contributed by atoms with Gasteiger partial charge < -0.3 is 29.6 Å². The Balaban J connectivity index is 1.63. The maximum Gasteiger partial charge on any atom is 0.404 e. The molecule has 0 aliphatic carbocycles. The number of pyridine rings is 1. The molecule has 3 aromatic rings. The Labute approximate surface area is 165 Å². The molecule has 10 heteroatoms. The smallest absolute Gasteiger partial charge is 0.404 e. The van der Waals surface area contributed by atoms with Crippen LogP contribution >= 0.6 is 0 Å². The molecule has 2 aromatic heterocycles. The summed E-state index contributed by atoms with van der Waals surface area (Å²) in [6.45, 7) is 0.138. The number of methoxy groups -OCH3 is 1. The second-order valence-corrected chi connectivity index (χ2v) is 5.89. The van der Waals surface area contributed by atoms with Crippen LogP contribution in [0.15, 0.2) is 52.8 Å². The van der Waals surface area contributed by atoms with Crippen LogP contribution in [0.2, 0.25) is 0 Å². The third-order valence-electron chi connectivity index (χ3n) is 3.88. The monoisotopic (exact) mass is 402 g/mol. The van der Waals surface area contributed by atoms with Crippen LogP contribution in [-0.4, -0.2) is 41.4 Å². The van der Waals surface area contributed by atoms with Gasteiger partial charge in [0.2, 0.25) is 5.88 Å². The second-order valence-electron chi connectivity index (χ2n) is 5.89. The lowest BCUT2D eigenvalue weighted by molar-refractivity contribution is 0.195. The van der Waals surface area contributed by atoms with Gasteiger partial charge in [-0.3, -0.25) is 0 Å². The van der Waals surface area contributed by atoms with E-state index in [-0.39, 0.29) is 18.7 Å². The number of ether oxygens (including phenoxy) is 2. The number of fused-ring (bicyclic) bond motifs is 1. The van der Waals surface area contributed by atoms with E-state index < -0.39 is 6.09 Å². The van der Waals surface area contributed by atoms with E-state index >= 15 is 0 Å². The molecule has 3 N–H and O–H groups in total. The lowest BCUT2D eigenvalue weighted by Crippen LogP contribution is -2.25. The van der Waals surface area contributed by atoms with Crippen LogP contribution in [0.25, 0.3) is 11.1 Å². The third kappa shape index (κ3) is 5.34. The highest BCUT2D eigenvalue weighted by molar-refractivity contribution is 5.76. The molecule has 0 saturated heterocycles. The van der Waals surface area contributed by atoms with Crippen LogP contribution < -0.4 is 20.1 Å². The molecule has 3 rings (SSSR count). The van der Waals surface area contributed by atoms with Gasteiger partial charge in [-0.25, -0.2) is 14.2 Å². The summed E-state index contributed by atoms with van der Waals surface area (Å²) < 4.78 is 29.2. The van der Waals surface area contributed by atoms with Crippen molar-refractivity contribution in [2.75, 3.05) is 25.6 Å². The molecule has 0 unspecified atom stereocenters. The minimum atomic E-state index is -1.24. The largest absolute Gasteiger partial charge is 0.489 e. The molecule has 0 atom stereocenters. The topological polar surface area (TPSA) is 119 Å². The number of amides is 1. The number of hydrogen-bond acceptors (Lipinski definition) is 7. The lowest BCUT2D eigenvalue weighted by Gasteiger charge is -2.08. The maximum absolute atomic E-state index is 12.8. The van der Waals surface area contributed by atoms with Crippen LogP contribution in [0.3, 0.4) is 0 Å². The van der Waals surface area contributed by atoms with Gasteiger partial charge in [0.05, 0.1) is 13.4 Å². The summed E-state index contributed by atoms with van der Waals surface area (Å²) in [5, 5.41) is 13.7. The van der Waals surface area contributed by atoms with Crippen LogP contribution in [-0.2, 0) is 6.54 Å². The zero-order chi connectivity index (χ0) is 20.6. The number of aromatic nitrogens is 2. The molecule has 1 aromatic carbocycles. The van der Waals surface area contributed by atoms with Gasteiger partial charge >= 0.3 is 6.09 Å². The van der Waals surface area contributed by atoms with Crippen molar-refractivity contribution < 1.29 is 28.2 Å². The van der Waals surface area contributed by atoms with Crippen LogP contribution in [0.1, 0.15) is 5.56 Å². The lowest BCUT2D eigenvalue weighted by atomic mass is 10.3. The second kappa shape index (κ2) is 9.40.